The van der Waals surface area contributed by atoms with E-state index < -0.39 is 6.04 Å². The van der Waals surface area contributed by atoms with Gasteiger partial charge in [0.25, 0.3) is 0 Å². The van der Waals surface area contributed by atoms with Crippen molar-refractivity contribution in [1.29, 1.82) is 0 Å². The Morgan fingerprint density at radius 2 is 2.23 bits per heavy atom. The summed E-state index contributed by atoms with van der Waals surface area (Å²) in [6, 6.07) is 6.58. The first-order valence-corrected chi connectivity index (χ1v) is 7.12. The van der Waals surface area contributed by atoms with Crippen molar-refractivity contribution in [2.75, 3.05) is 6.61 Å². The van der Waals surface area contributed by atoms with Crippen LogP contribution in [0.15, 0.2) is 29.8 Å². The second kappa shape index (κ2) is 7.20. The molecular weight excluding hydrogens is 304 g/mol. The van der Waals surface area contributed by atoms with Crippen LogP contribution in [0.4, 0.5) is 0 Å². The molecule has 22 heavy (non-hydrogen) atoms. The number of carbonyl (C=O) groups is 1. The van der Waals surface area contributed by atoms with Crippen LogP contribution in [0.1, 0.15) is 30.2 Å². The predicted molar refractivity (Wildman–Crippen MR) is 84.2 cm³/mol. The fraction of sp³-hybridized carbons (Fsp3) is 0.267. The standard InChI is InChI=1S/C15H17ClN4O2/c1-9(7-11-5-3-4-6-12(11)16)15(22)18-13(8-21)14-17-10(2)19-20-14/h3-7,13,21H,8H2,1-2H3,(H,18,22)(H,17,19,20)/b9-7+/t13-/m1/s1. The van der Waals surface area contributed by atoms with Gasteiger partial charge in [-0.05, 0) is 31.6 Å². The number of halogens is 1. The van der Waals surface area contributed by atoms with Gasteiger partial charge in [-0.2, -0.15) is 5.10 Å². The lowest BCUT2D eigenvalue weighted by atomic mass is 10.1. The zero-order valence-electron chi connectivity index (χ0n) is 12.3. The molecular formula is C15H17ClN4O2. The third-order valence-corrected chi connectivity index (χ3v) is 3.39. The summed E-state index contributed by atoms with van der Waals surface area (Å²) in [5.41, 5.74) is 1.23. The van der Waals surface area contributed by atoms with Crippen molar-refractivity contribution in [2.45, 2.75) is 19.9 Å². The number of H-pyrrole nitrogens is 1. The number of amides is 1. The summed E-state index contributed by atoms with van der Waals surface area (Å²) in [7, 11) is 0. The van der Waals surface area contributed by atoms with Crippen molar-refractivity contribution >= 4 is 23.6 Å². The van der Waals surface area contributed by atoms with E-state index in [9.17, 15) is 9.90 Å². The lowest BCUT2D eigenvalue weighted by Gasteiger charge is -2.13. The normalized spacial score (nSPS) is 13.0. The summed E-state index contributed by atoms with van der Waals surface area (Å²) < 4.78 is 0. The quantitative estimate of drug-likeness (QED) is 0.735. The molecule has 116 valence electrons. The van der Waals surface area contributed by atoms with Crippen molar-refractivity contribution in [3.63, 3.8) is 0 Å². The number of carbonyl (C=O) groups excluding carboxylic acids is 1. The summed E-state index contributed by atoms with van der Waals surface area (Å²) in [6.45, 7) is 3.13. The molecule has 2 rings (SSSR count). The van der Waals surface area contributed by atoms with Crippen molar-refractivity contribution in [2.24, 2.45) is 0 Å². The van der Waals surface area contributed by atoms with Gasteiger partial charge in [0.15, 0.2) is 5.82 Å². The number of hydrogen-bond donors (Lipinski definition) is 3. The molecule has 1 aromatic heterocycles. The molecule has 0 radical (unpaired) electrons. The number of aliphatic hydroxyl groups excluding tert-OH is 1. The number of aliphatic hydroxyl groups is 1. The zero-order valence-corrected chi connectivity index (χ0v) is 13.1. The molecule has 1 heterocycles. The van der Waals surface area contributed by atoms with Gasteiger partial charge in [-0.3, -0.25) is 9.89 Å². The van der Waals surface area contributed by atoms with Gasteiger partial charge in [-0.25, -0.2) is 4.98 Å². The molecule has 2 aromatic rings. The Morgan fingerprint density at radius 3 is 2.82 bits per heavy atom. The maximum Gasteiger partial charge on any atom is 0.247 e. The first-order valence-electron chi connectivity index (χ1n) is 6.74. The molecule has 0 unspecified atom stereocenters. The summed E-state index contributed by atoms with van der Waals surface area (Å²) in [5, 5.41) is 19.3. The number of aromatic amines is 1. The Balaban J connectivity index is 2.12. The second-order valence-electron chi connectivity index (χ2n) is 4.84. The van der Waals surface area contributed by atoms with Gasteiger partial charge in [0.05, 0.1) is 6.61 Å². The summed E-state index contributed by atoms with van der Waals surface area (Å²) >= 11 is 6.06. The van der Waals surface area contributed by atoms with Crippen LogP contribution in [0.5, 0.6) is 0 Å². The fourth-order valence-electron chi connectivity index (χ4n) is 1.87. The Kier molecular flexibility index (Phi) is 5.30. The number of nitrogens with one attached hydrogen (secondary N) is 2. The van der Waals surface area contributed by atoms with Gasteiger partial charge in [-0.1, -0.05) is 29.8 Å². The van der Waals surface area contributed by atoms with Gasteiger partial charge in [0.2, 0.25) is 5.91 Å². The number of hydrogen-bond acceptors (Lipinski definition) is 4. The van der Waals surface area contributed by atoms with E-state index in [2.05, 4.69) is 20.5 Å². The van der Waals surface area contributed by atoms with Crippen LogP contribution in [-0.4, -0.2) is 32.8 Å². The molecule has 0 aliphatic carbocycles. The lowest BCUT2D eigenvalue weighted by Crippen LogP contribution is -2.32. The third kappa shape index (κ3) is 3.93. The Labute approximate surface area is 133 Å². The Hall–Kier alpha value is -2.18. The Morgan fingerprint density at radius 1 is 1.50 bits per heavy atom. The SMILES string of the molecule is C/C(=C\c1ccccc1Cl)C(=O)N[C@H](CO)c1n[nH]c(C)n1. The molecule has 0 saturated carbocycles. The van der Waals surface area contributed by atoms with E-state index in [1.165, 1.54) is 0 Å². The minimum Gasteiger partial charge on any atom is -0.394 e. The van der Waals surface area contributed by atoms with Crippen LogP contribution in [0.2, 0.25) is 5.02 Å². The highest BCUT2D eigenvalue weighted by atomic mass is 35.5. The maximum absolute atomic E-state index is 12.2. The van der Waals surface area contributed by atoms with Crippen LogP contribution >= 0.6 is 11.6 Å². The number of rotatable bonds is 5. The number of nitrogens with zero attached hydrogens (tertiary/aromatic N) is 2. The molecule has 6 nitrogen and oxygen atoms in total. The van der Waals surface area contributed by atoms with E-state index in [-0.39, 0.29) is 12.5 Å². The molecule has 7 heteroatoms. The maximum atomic E-state index is 12.2. The van der Waals surface area contributed by atoms with E-state index in [4.69, 9.17) is 11.6 Å². The van der Waals surface area contributed by atoms with Crippen LogP contribution < -0.4 is 5.32 Å². The number of benzene rings is 1. The van der Waals surface area contributed by atoms with Gasteiger partial charge in [-0.15, -0.1) is 0 Å². The molecule has 0 fully saturated rings. The molecule has 0 aliphatic rings. The van der Waals surface area contributed by atoms with Crippen LogP contribution in [0, 0.1) is 6.92 Å². The van der Waals surface area contributed by atoms with Gasteiger partial charge < -0.3 is 10.4 Å². The highest BCUT2D eigenvalue weighted by Gasteiger charge is 2.18. The van der Waals surface area contributed by atoms with E-state index >= 15 is 0 Å². The highest BCUT2D eigenvalue weighted by molar-refractivity contribution is 6.32. The van der Waals surface area contributed by atoms with E-state index in [0.29, 0.717) is 22.2 Å². The molecule has 3 N–H and O–H groups in total. The summed E-state index contributed by atoms with van der Waals surface area (Å²) in [5.74, 6) is 0.645. The van der Waals surface area contributed by atoms with Gasteiger partial charge in [0, 0.05) is 10.6 Å². The molecule has 1 aromatic carbocycles. The van der Waals surface area contributed by atoms with Crippen molar-refractivity contribution in [3.05, 3.63) is 52.1 Å². The molecule has 0 spiro atoms. The smallest absolute Gasteiger partial charge is 0.247 e. The van der Waals surface area contributed by atoms with Gasteiger partial charge >= 0.3 is 0 Å². The Bertz CT molecular complexity index is 696. The van der Waals surface area contributed by atoms with Crippen molar-refractivity contribution < 1.29 is 9.90 Å². The molecule has 1 atom stereocenters. The third-order valence-electron chi connectivity index (χ3n) is 3.05. The van der Waals surface area contributed by atoms with Crippen LogP contribution in [0.3, 0.4) is 0 Å². The fourth-order valence-corrected chi connectivity index (χ4v) is 2.06. The topological polar surface area (TPSA) is 90.9 Å². The summed E-state index contributed by atoms with van der Waals surface area (Å²) in [6.07, 6.45) is 1.69. The average Bonchev–Trinajstić information content (AvgIpc) is 2.93. The number of aryl methyl sites for hydroxylation is 1. The molecule has 1 amide bonds. The van der Waals surface area contributed by atoms with E-state index in [0.717, 1.165) is 5.56 Å². The number of aromatic nitrogens is 3. The largest absolute Gasteiger partial charge is 0.394 e. The van der Waals surface area contributed by atoms with E-state index in [1.54, 1.807) is 26.0 Å². The molecule has 0 saturated heterocycles. The molecule has 0 bridgehead atoms. The minimum atomic E-state index is -0.660. The minimum absolute atomic E-state index is 0.289. The molecule has 0 aliphatic heterocycles. The van der Waals surface area contributed by atoms with E-state index in [1.807, 2.05) is 18.2 Å². The average molecular weight is 321 g/mol. The summed E-state index contributed by atoms with van der Waals surface area (Å²) in [4.78, 5) is 16.3. The second-order valence-corrected chi connectivity index (χ2v) is 5.24. The first-order chi connectivity index (χ1) is 10.5. The van der Waals surface area contributed by atoms with Crippen LogP contribution in [-0.2, 0) is 4.79 Å². The zero-order chi connectivity index (χ0) is 16.1. The first kappa shape index (κ1) is 16.2. The lowest BCUT2D eigenvalue weighted by molar-refractivity contribution is -0.118. The van der Waals surface area contributed by atoms with Crippen LogP contribution in [0.25, 0.3) is 6.08 Å². The monoisotopic (exact) mass is 320 g/mol. The van der Waals surface area contributed by atoms with Crippen molar-refractivity contribution in [1.82, 2.24) is 20.5 Å². The highest BCUT2D eigenvalue weighted by Crippen LogP contribution is 2.18. The van der Waals surface area contributed by atoms with Gasteiger partial charge in [0.1, 0.15) is 11.9 Å². The predicted octanol–water partition coefficient (Wildman–Crippen LogP) is 2.02. The van der Waals surface area contributed by atoms with Crippen molar-refractivity contribution in [3.8, 4) is 0 Å².